The topological polar surface area (TPSA) is 61.4 Å². The fraction of sp³-hybridized carbons (Fsp3) is 0.667. The minimum atomic E-state index is 0.157. The Morgan fingerprint density at radius 1 is 1.57 bits per heavy atom. The predicted octanol–water partition coefficient (Wildman–Crippen LogP) is -0.150. The van der Waals surface area contributed by atoms with Crippen LogP contribution in [0.2, 0.25) is 0 Å². The molecule has 0 fully saturated rings. The van der Waals surface area contributed by atoms with Crippen molar-refractivity contribution in [2.75, 3.05) is 33.4 Å². The molecule has 0 saturated heterocycles. The number of nitrogens with zero attached hydrogens (tertiary/aromatic N) is 2. The number of H-pyrrole nitrogens is 1. The second kappa shape index (κ2) is 6.53. The van der Waals surface area contributed by atoms with Crippen molar-refractivity contribution in [3.63, 3.8) is 0 Å². The Bertz CT molecular complexity index is 226. The van der Waals surface area contributed by atoms with Gasteiger partial charge in [0.2, 0.25) is 0 Å². The number of imidazole rings is 1. The highest BCUT2D eigenvalue weighted by Gasteiger charge is 2.05. The molecule has 1 heterocycles. The quantitative estimate of drug-likeness (QED) is 0.641. The number of aliphatic hydroxyl groups is 1. The van der Waals surface area contributed by atoms with Crippen molar-refractivity contribution in [2.24, 2.45) is 0 Å². The maximum Gasteiger partial charge on any atom is 0.120 e. The summed E-state index contributed by atoms with van der Waals surface area (Å²) < 4.78 is 4.98. The Balaban J connectivity index is 2.34. The number of methoxy groups -OCH3 is 1. The molecule has 0 amide bonds. The molecule has 0 spiro atoms. The van der Waals surface area contributed by atoms with Crippen molar-refractivity contribution in [2.45, 2.75) is 6.54 Å². The van der Waals surface area contributed by atoms with Crippen LogP contribution < -0.4 is 0 Å². The van der Waals surface area contributed by atoms with Gasteiger partial charge in [0.05, 0.1) is 19.8 Å². The van der Waals surface area contributed by atoms with Gasteiger partial charge in [0.15, 0.2) is 0 Å². The Hall–Kier alpha value is -0.910. The highest BCUT2D eigenvalue weighted by atomic mass is 16.5. The van der Waals surface area contributed by atoms with E-state index in [4.69, 9.17) is 9.84 Å². The molecule has 80 valence electrons. The summed E-state index contributed by atoms with van der Waals surface area (Å²) in [5.41, 5.74) is 0. The summed E-state index contributed by atoms with van der Waals surface area (Å²) in [6.45, 7) is 2.99. The van der Waals surface area contributed by atoms with Crippen LogP contribution in [0.5, 0.6) is 0 Å². The fourth-order valence-electron chi connectivity index (χ4n) is 1.23. The molecule has 0 radical (unpaired) electrons. The van der Waals surface area contributed by atoms with Crippen molar-refractivity contribution in [1.29, 1.82) is 0 Å². The van der Waals surface area contributed by atoms with Gasteiger partial charge in [-0.2, -0.15) is 0 Å². The minimum absolute atomic E-state index is 0.157. The Morgan fingerprint density at radius 2 is 2.43 bits per heavy atom. The first kappa shape index (κ1) is 11.2. The number of hydrogen-bond acceptors (Lipinski definition) is 4. The standard InChI is InChI=1S/C9H17N3O2/c1-14-7-5-12(4-6-13)8-9-10-2-3-11-9/h2-3,13H,4-8H2,1H3,(H,10,11). The third-order valence-electron chi connectivity index (χ3n) is 1.96. The summed E-state index contributed by atoms with van der Waals surface area (Å²) in [5.74, 6) is 0.912. The van der Waals surface area contributed by atoms with Crippen LogP contribution >= 0.6 is 0 Å². The monoisotopic (exact) mass is 199 g/mol. The molecule has 5 nitrogen and oxygen atoms in total. The van der Waals surface area contributed by atoms with E-state index in [-0.39, 0.29) is 6.61 Å². The molecule has 5 heteroatoms. The zero-order chi connectivity index (χ0) is 10.2. The summed E-state index contributed by atoms with van der Waals surface area (Å²) in [7, 11) is 1.67. The first-order valence-electron chi connectivity index (χ1n) is 4.67. The van der Waals surface area contributed by atoms with Crippen LogP contribution in [0.15, 0.2) is 12.4 Å². The van der Waals surface area contributed by atoms with E-state index in [0.717, 1.165) is 18.9 Å². The lowest BCUT2D eigenvalue weighted by Gasteiger charge is -2.19. The summed E-state index contributed by atoms with van der Waals surface area (Å²) in [5, 5.41) is 8.85. The van der Waals surface area contributed by atoms with E-state index >= 15 is 0 Å². The molecule has 14 heavy (non-hydrogen) atoms. The van der Waals surface area contributed by atoms with Gasteiger partial charge in [-0.05, 0) is 0 Å². The van der Waals surface area contributed by atoms with Crippen LogP contribution in [0.1, 0.15) is 5.82 Å². The van der Waals surface area contributed by atoms with Gasteiger partial charge in [0.1, 0.15) is 5.82 Å². The summed E-state index contributed by atoms with van der Waals surface area (Å²) >= 11 is 0. The Labute approximate surface area is 83.7 Å². The number of aliphatic hydroxyl groups excluding tert-OH is 1. The van der Waals surface area contributed by atoms with Crippen LogP contribution in [0.3, 0.4) is 0 Å². The average Bonchev–Trinajstić information content (AvgIpc) is 2.67. The molecule has 0 aliphatic heterocycles. The van der Waals surface area contributed by atoms with Gasteiger partial charge < -0.3 is 14.8 Å². The number of rotatable bonds is 7. The second-order valence-corrected chi connectivity index (χ2v) is 3.03. The lowest BCUT2D eigenvalue weighted by Crippen LogP contribution is -2.30. The van der Waals surface area contributed by atoms with Crippen LogP contribution in [0.25, 0.3) is 0 Å². The van der Waals surface area contributed by atoms with E-state index in [2.05, 4.69) is 14.9 Å². The van der Waals surface area contributed by atoms with Gasteiger partial charge in [-0.25, -0.2) is 4.98 Å². The third kappa shape index (κ3) is 3.87. The normalized spacial score (nSPS) is 11.1. The molecule has 0 aliphatic rings. The van der Waals surface area contributed by atoms with Crippen LogP contribution in [-0.2, 0) is 11.3 Å². The number of hydrogen-bond donors (Lipinski definition) is 2. The lowest BCUT2D eigenvalue weighted by molar-refractivity contribution is 0.125. The van der Waals surface area contributed by atoms with E-state index in [1.165, 1.54) is 0 Å². The summed E-state index contributed by atoms with van der Waals surface area (Å²) in [6.07, 6.45) is 3.52. The highest BCUT2D eigenvalue weighted by molar-refractivity contribution is 4.86. The molecule has 1 aromatic heterocycles. The molecule has 0 bridgehead atoms. The number of aromatic amines is 1. The first-order valence-corrected chi connectivity index (χ1v) is 4.67. The molecule has 1 rings (SSSR count). The van der Waals surface area contributed by atoms with Gasteiger partial charge >= 0.3 is 0 Å². The predicted molar refractivity (Wildman–Crippen MR) is 52.8 cm³/mol. The van der Waals surface area contributed by atoms with Crippen molar-refractivity contribution in [1.82, 2.24) is 14.9 Å². The largest absolute Gasteiger partial charge is 0.395 e. The van der Waals surface area contributed by atoms with E-state index in [1.54, 1.807) is 19.5 Å². The van der Waals surface area contributed by atoms with Crippen molar-refractivity contribution in [3.8, 4) is 0 Å². The summed E-state index contributed by atoms with van der Waals surface area (Å²) in [4.78, 5) is 9.24. The van der Waals surface area contributed by atoms with E-state index < -0.39 is 0 Å². The van der Waals surface area contributed by atoms with E-state index in [9.17, 15) is 0 Å². The summed E-state index contributed by atoms with van der Waals surface area (Å²) in [6, 6.07) is 0. The van der Waals surface area contributed by atoms with Crippen molar-refractivity contribution in [3.05, 3.63) is 18.2 Å². The Kier molecular flexibility index (Phi) is 5.21. The van der Waals surface area contributed by atoms with Gasteiger partial charge in [0.25, 0.3) is 0 Å². The molecular formula is C9H17N3O2. The number of ether oxygens (including phenoxy) is 1. The molecule has 2 N–H and O–H groups in total. The first-order chi connectivity index (χ1) is 6.86. The number of nitrogens with one attached hydrogen (secondary N) is 1. The molecular weight excluding hydrogens is 182 g/mol. The molecule has 0 atom stereocenters. The maximum atomic E-state index is 8.85. The van der Waals surface area contributed by atoms with Gasteiger partial charge in [-0.3, -0.25) is 4.90 Å². The Morgan fingerprint density at radius 3 is 3.00 bits per heavy atom. The third-order valence-corrected chi connectivity index (χ3v) is 1.96. The van der Waals surface area contributed by atoms with Gasteiger partial charge in [0, 0.05) is 32.6 Å². The minimum Gasteiger partial charge on any atom is -0.395 e. The molecule has 1 aromatic rings. The number of aromatic nitrogens is 2. The van der Waals surface area contributed by atoms with Crippen LogP contribution in [0, 0.1) is 0 Å². The smallest absolute Gasteiger partial charge is 0.120 e. The molecule has 0 aliphatic carbocycles. The molecule has 0 saturated carbocycles. The van der Waals surface area contributed by atoms with Crippen molar-refractivity contribution >= 4 is 0 Å². The van der Waals surface area contributed by atoms with E-state index in [0.29, 0.717) is 13.2 Å². The molecule has 0 aromatic carbocycles. The van der Waals surface area contributed by atoms with Gasteiger partial charge in [-0.15, -0.1) is 0 Å². The average molecular weight is 199 g/mol. The SMILES string of the molecule is COCCN(CCO)Cc1ncc[nH]1. The maximum absolute atomic E-state index is 8.85. The zero-order valence-corrected chi connectivity index (χ0v) is 8.44. The van der Waals surface area contributed by atoms with Crippen LogP contribution in [0.4, 0.5) is 0 Å². The highest BCUT2D eigenvalue weighted by Crippen LogP contribution is 1.97. The second-order valence-electron chi connectivity index (χ2n) is 3.03. The van der Waals surface area contributed by atoms with Crippen LogP contribution in [-0.4, -0.2) is 53.4 Å². The fourth-order valence-corrected chi connectivity index (χ4v) is 1.23. The lowest BCUT2D eigenvalue weighted by atomic mass is 10.4. The van der Waals surface area contributed by atoms with Crippen molar-refractivity contribution < 1.29 is 9.84 Å². The molecule has 0 unspecified atom stereocenters. The van der Waals surface area contributed by atoms with E-state index in [1.807, 2.05) is 0 Å². The zero-order valence-electron chi connectivity index (χ0n) is 8.44. The van der Waals surface area contributed by atoms with Gasteiger partial charge in [-0.1, -0.05) is 0 Å².